The molecule has 166 valence electrons. The molecule has 0 unspecified atom stereocenters. The topological polar surface area (TPSA) is 79.2 Å². The van der Waals surface area contributed by atoms with E-state index in [0.29, 0.717) is 24.3 Å². The molecule has 2 heterocycles. The molecule has 6 nitrogen and oxygen atoms in total. The number of hydrogen-bond acceptors (Lipinski definition) is 3. The number of aromatic nitrogens is 1. The highest BCUT2D eigenvalue weighted by Gasteiger charge is 2.31. The number of rotatable bonds is 4. The number of benzene rings is 2. The molecule has 1 fully saturated rings. The number of alkyl halides is 3. The third-order valence-corrected chi connectivity index (χ3v) is 5.58. The van der Waals surface area contributed by atoms with Gasteiger partial charge in [-0.2, -0.15) is 13.2 Å². The summed E-state index contributed by atoms with van der Waals surface area (Å²) in [5, 5.41) is 11.6. The molecule has 1 N–H and O–H groups in total. The first kappa shape index (κ1) is 21.6. The van der Waals surface area contributed by atoms with E-state index >= 15 is 0 Å². The fraction of sp³-hybridized carbons (Fsp3) is 0.261. The van der Waals surface area contributed by atoms with E-state index in [1.165, 1.54) is 24.3 Å². The van der Waals surface area contributed by atoms with Crippen LogP contribution >= 0.6 is 0 Å². The van der Waals surface area contributed by atoms with E-state index in [1.807, 2.05) is 0 Å². The second-order valence-corrected chi connectivity index (χ2v) is 7.67. The molecule has 9 heteroatoms. The standard InChI is InChI=1S/C23H20F3N3O3/c24-23(25,26)16-10-8-15(9-11-16)19-14-18(22(30)28-12-4-1-5-13-28)21(27-19)17-6-2-3-7-20(17)29(31)32/h2-3,6-11,14,27H,1,4-5,12-13H2. The number of amides is 1. The van der Waals surface area contributed by atoms with Crippen LogP contribution in [0.5, 0.6) is 0 Å². The lowest BCUT2D eigenvalue weighted by Gasteiger charge is -2.26. The smallest absolute Gasteiger partial charge is 0.354 e. The van der Waals surface area contributed by atoms with Gasteiger partial charge in [0.1, 0.15) is 0 Å². The minimum Gasteiger partial charge on any atom is -0.354 e. The normalized spacial score (nSPS) is 14.4. The zero-order chi connectivity index (χ0) is 22.9. The second kappa shape index (κ2) is 8.49. The van der Waals surface area contributed by atoms with E-state index < -0.39 is 16.7 Å². The van der Waals surface area contributed by atoms with Crippen LogP contribution in [0.2, 0.25) is 0 Å². The number of carbonyl (C=O) groups excluding carboxylic acids is 1. The molecule has 2 aromatic carbocycles. The van der Waals surface area contributed by atoms with E-state index in [9.17, 15) is 28.1 Å². The van der Waals surface area contributed by atoms with Gasteiger partial charge in [-0.3, -0.25) is 14.9 Å². The lowest BCUT2D eigenvalue weighted by atomic mass is 10.0. The van der Waals surface area contributed by atoms with Gasteiger partial charge >= 0.3 is 6.18 Å². The van der Waals surface area contributed by atoms with Gasteiger partial charge < -0.3 is 9.88 Å². The minimum atomic E-state index is -4.46. The molecule has 1 amide bonds. The first-order valence-corrected chi connectivity index (χ1v) is 10.2. The third-order valence-electron chi connectivity index (χ3n) is 5.58. The summed E-state index contributed by atoms with van der Waals surface area (Å²) in [5.74, 6) is -0.257. The lowest BCUT2D eigenvalue weighted by molar-refractivity contribution is -0.384. The molecule has 0 spiro atoms. The molecule has 0 aliphatic carbocycles. The number of nitrogens with zero attached hydrogens (tertiary/aromatic N) is 2. The number of piperidine rings is 1. The summed E-state index contributed by atoms with van der Waals surface area (Å²) >= 11 is 0. The molecule has 1 aliphatic rings. The molecule has 1 aliphatic heterocycles. The van der Waals surface area contributed by atoms with Gasteiger partial charge in [0.15, 0.2) is 0 Å². The zero-order valence-corrected chi connectivity index (χ0v) is 17.0. The van der Waals surface area contributed by atoms with Crippen molar-refractivity contribution >= 4 is 11.6 Å². The monoisotopic (exact) mass is 443 g/mol. The largest absolute Gasteiger partial charge is 0.416 e. The van der Waals surface area contributed by atoms with E-state index in [2.05, 4.69) is 4.98 Å². The summed E-state index contributed by atoms with van der Waals surface area (Å²) in [7, 11) is 0. The van der Waals surface area contributed by atoms with Crippen molar-refractivity contribution in [2.75, 3.05) is 13.1 Å². The number of nitro groups is 1. The summed E-state index contributed by atoms with van der Waals surface area (Å²) in [5.41, 5.74) is 0.690. The molecule has 0 atom stereocenters. The van der Waals surface area contributed by atoms with Crippen molar-refractivity contribution in [3.63, 3.8) is 0 Å². The number of H-pyrrole nitrogens is 1. The highest BCUT2D eigenvalue weighted by Crippen LogP contribution is 2.36. The van der Waals surface area contributed by atoms with Crippen LogP contribution in [0.4, 0.5) is 18.9 Å². The van der Waals surface area contributed by atoms with Crippen molar-refractivity contribution in [1.29, 1.82) is 0 Å². The van der Waals surface area contributed by atoms with Crippen molar-refractivity contribution < 1.29 is 22.9 Å². The summed E-state index contributed by atoms with van der Waals surface area (Å²) in [6.45, 7) is 1.19. The Hall–Kier alpha value is -3.62. The SMILES string of the molecule is O=C(c1cc(-c2ccc(C(F)(F)F)cc2)[nH]c1-c1ccccc1[N+](=O)[O-])N1CCCCC1. The van der Waals surface area contributed by atoms with Crippen molar-refractivity contribution in [2.24, 2.45) is 0 Å². The molecule has 0 bridgehead atoms. The maximum Gasteiger partial charge on any atom is 0.416 e. The van der Waals surface area contributed by atoms with Crippen molar-refractivity contribution in [3.8, 4) is 22.5 Å². The number of para-hydroxylation sites is 1. The number of nitro benzene ring substituents is 1. The summed E-state index contributed by atoms with van der Waals surface area (Å²) in [4.78, 5) is 29.1. The average Bonchev–Trinajstić information content (AvgIpc) is 3.24. The Morgan fingerprint density at radius 1 is 1.00 bits per heavy atom. The van der Waals surface area contributed by atoms with Gasteiger partial charge in [-0.15, -0.1) is 0 Å². The third kappa shape index (κ3) is 4.23. The number of hydrogen-bond donors (Lipinski definition) is 1. The van der Waals surface area contributed by atoms with Gasteiger partial charge in [0, 0.05) is 24.8 Å². The van der Waals surface area contributed by atoms with E-state index in [0.717, 1.165) is 31.4 Å². The van der Waals surface area contributed by atoms with E-state index in [4.69, 9.17) is 0 Å². The molecule has 1 saturated heterocycles. The summed E-state index contributed by atoms with van der Waals surface area (Å²) in [6, 6.07) is 12.2. The van der Waals surface area contributed by atoms with Gasteiger partial charge in [0.2, 0.25) is 0 Å². The van der Waals surface area contributed by atoms with Gasteiger partial charge in [-0.25, -0.2) is 0 Å². The molecular formula is C23H20F3N3O3. The van der Waals surface area contributed by atoms with Gasteiger partial charge in [-0.1, -0.05) is 24.3 Å². The van der Waals surface area contributed by atoms with Gasteiger partial charge in [-0.05, 0) is 49.1 Å². The number of carbonyl (C=O) groups is 1. The molecule has 32 heavy (non-hydrogen) atoms. The fourth-order valence-corrected chi connectivity index (χ4v) is 3.94. The number of aromatic amines is 1. The number of nitrogens with one attached hydrogen (secondary N) is 1. The fourth-order valence-electron chi connectivity index (χ4n) is 3.94. The summed E-state index contributed by atoms with van der Waals surface area (Å²) in [6.07, 6.45) is -1.67. The highest BCUT2D eigenvalue weighted by molar-refractivity contribution is 6.02. The molecule has 0 radical (unpaired) electrons. The van der Waals surface area contributed by atoms with Crippen LogP contribution < -0.4 is 0 Å². The van der Waals surface area contributed by atoms with Crippen LogP contribution in [0.3, 0.4) is 0 Å². The van der Waals surface area contributed by atoms with Crippen LogP contribution in [-0.2, 0) is 6.18 Å². The van der Waals surface area contributed by atoms with Crippen LogP contribution in [-0.4, -0.2) is 33.8 Å². The second-order valence-electron chi connectivity index (χ2n) is 7.67. The Labute approximate surface area is 181 Å². The molecule has 1 aromatic heterocycles. The lowest BCUT2D eigenvalue weighted by Crippen LogP contribution is -2.35. The molecule has 0 saturated carbocycles. The Morgan fingerprint density at radius 3 is 2.28 bits per heavy atom. The maximum absolute atomic E-state index is 13.3. The van der Waals surface area contributed by atoms with Gasteiger partial charge in [0.25, 0.3) is 11.6 Å². The van der Waals surface area contributed by atoms with Crippen LogP contribution in [0.15, 0.2) is 54.6 Å². The molecule has 4 rings (SSSR count). The van der Waals surface area contributed by atoms with Gasteiger partial charge in [0.05, 0.1) is 27.3 Å². The van der Waals surface area contributed by atoms with E-state index in [-0.39, 0.29) is 28.4 Å². The number of likely N-dealkylation sites (tertiary alicyclic amines) is 1. The quantitative estimate of drug-likeness (QED) is 0.403. The Morgan fingerprint density at radius 2 is 1.66 bits per heavy atom. The predicted octanol–water partition coefficient (Wildman–Crippen LogP) is 5.90. The van der Waals surface area contributed by atoms with Crippen LogP contribution in [0, 0.1) is 10.1 Å². The molecular weight excluding hydrogens is 423 g/mol. The van der Waals surface area contributed by atoms with Crippen molar-refractivity contribution in [1.82, 2.24) is 9.88 Å². The first-order chi connectivity index (χ1) is 15.3. The number of halogens is 3. The average molecular weight is 443 g/mol. The summed E-state index contributed by atoms with van der Waals surface area (Å²) < 4.78 is 38.8. The molecule has 3 aromatic rings. The van der Waals surface area contributed by atoms with Crippen LogP contribution in [0.25, 0.3) is 22.5 Å². The maximum atomic E-state index is 13.3. The van der Waals surface area contributed by atoms with Crippen molar-refractivity contribution in [2.45, 2.75) is 25.4 Å². The van der Waals surface area contributed by atoms with Crippen LogP contribution in [0.1, 0.15) is 35.2 Å². The van der Waals surface area contributed by atoms with E-state index in [1.54, 1.807) is 23.1 Å². The Bertz CT molecular complexity index is 1150. The highest BCUT2D eigenvalue weighted by atomic mass is 19.4. The Balaban J connectivity index is 1.82. The first-order valence-electron chi connectivity index (χ1n) is 10.2. The zero-order valence-electron chi connectivity index (χ0n) is 17.0. The predicted molar refractivity (Wildman–Crippen MR) is 113 cm³/mol. The minimum absolute atomic E-state index is 0.166. The Kier molecular flexibility index (Phi) is 5.73. The van der Waals surface area contributed by atoms with Crippen molar-refractivity contribution in [3.05, 3.63) is 75.8 Å².